The molecule has 8 nitrogen and oxygen atoms in total. The number of halogens is 1. The molecule has 39 heavy (non-hydrogen) atoms. The van der Waals surface area contributed by atoms with E-state index < -0.39 is 11.8 Å². The van der Waals surface area contributed by atoms with Gasteiger partial charge in [-0.1, -0.05) is 49.4 Å². The van der Waals surface area contributed by atoms with Crippen molar-refractivity contribution in [2.24, 2.45) is 0 Å². The van der Waals surface area contributed by atoms with E-state index >= 15 is 0 Å². The van der Waals surface area contributed by atoms with Crippen LogP contribution < -0.4 is 5.32 Å². The second-order valence-corrected chi connectivity index (χ2v) is 11.7. The number of hydrogen-bond acceptors (Lipinski definition) is 8. The molecule has 0 aliphatic rings. The van der Waals surface area contributed by atoms with Crippen molar-refractivity contribution >= 4 is 35.0 Å². The summed E-state index contributed by atoms with van der Waals surface area (Å²) in [6.45, 7) is 6.79. The number of hydrogen-bond donors (Lipinski definition) is 1. The first-order valence-corrected chi connectivity index (χ1v) is 13.9. The molecule has 0 unspecified atom stereocenters. The van der Waals surface area contributed by atoms with Crippen molar-refractivity contribution in [1.29, 1.82) is 0 Å². The number of carbonyl (C=O) groups excluding carboxylic acids is 2. The predicted molar refractivity (Wildman–Crippen MR) is 151 cm³/mol. The third-order valence-electron chi connectivity index (χ3n) is 5.67. The zero-order chi connectivity index (χ0) is 28.1. The molecular formula is C28H29FN4O4S2. The molecule has 0 bridgehead atoms. The van der Waals surface area contributed by atoms with Crippen molar-refractivity contribution < 1.29 is 23.5 Å². The Kier molecular flexibility index (Phi) is 9.16. The van der Waals surface area contributed by atoms with Gasteiger partial charge in [-0.15, -0.1) is 11.8 Å². The summed E-state index contributed by atoms with van der Waals surface area (Å²) in [6, 6.07) is 13.2. The van der Waals surface area contributed by atoms with E-state index in [2.05, 4.69) is 24.3 Å². The molecule has 1 N–H and O–H groups in total. The maximum atomic E-state index is 14.1. The Morgan fingerprint density at radius 2 is 1.87 bits per heavy atom. The van der Waals surface area contributed by atoms with Crippen molar-refractivity contribution in [2.45, 2.75) is 30.2 Å². The van der Waals surface area contributed by atoms with Crippen LogP contribution in [0.15, 0.2) is 52.7 Å². The van der Waals surface area contributed by atoms with Crippen molar-refractivity contribution in [3.63, 3.8) is 0 Å². The van der Waals surface area contributed by atoms with Crippen LogP contribution in [0.25, 0.3) is 27.5 Å². The molecule has 0 aliphatic carbocycles. The van der Waals surface area contributed by atoms with Crippen LogP contribution >= 0.6 is 23.1 Å². The predicted octanol–water partition coefficient (Wildman–Crippen LogP) is 5.77. The Morgan fingerprint density at radius 3 is 2.51 bits per heavy atom. The lowest BCUT2D eigenvalue weighted by atomic mass is 10.0. The van der Waals surface area contributed by atoms with Gasteiger partial charge in [-0.3, -0.25) is 4.79 Å². The van der Waals surface area contributed by atoms with Gasteiger partial charge in [-0.05, 0) is 36.8 Å². The van der Waals surface area contributed by atoms with Gasteiger partial charge in [0.05, 0.1) is 29.3 Å². The maximum absolute atomic E-state index is 14.1. The van der Waals surface area contributed by atoms with E-state index in [0.717, 1.165) is 15.5 Å². The van der Waals surface area contributed by atoms with E-state index in [1.165, 1.54) is 35.3 Å². The zero-order valence-corrected chi connectivity index (χ0v) is 23.9. The van der Waals surface area contributed by atoms with Crippen molar-refractivity contribution in [1.82, 2.24) is 20.1 Å². The average Bonchev–Trinajstić information content (AvgIpc) is 3.48. The molecule has 204 valence electrons. The highest BCUT2D eigenvalue weighted by Gasteiger charge is 2.27. The van der Waals surface area contributed by atoms with Crippen LogP contribution in [0.1, 0.15) is 40.4 Å². The number of ether oxygens (including phenoxy) is 2. The summed E-state index contributed by atoms with van der Waals surface area (Å²) >= 11 is 3.04. The minimum Gasteiger partial charge on any atom is -0.464 e. The number of nitrogens with zero attached hydrogens (tertiary/aromatic N) is 3. The fourth-order valence-corrected chi connectivity index (χ4v) is 6.43. The summed E-state index contributed by atoms with van der Waals surface area (Å²) < 4.78 is 26.5. The molecule has 0 saturated carbocycles. The molecule has 0 saturated heterocycles. The average molecular weight is 569 g/mol. The molecule has 0 radical (unpaired) electrons. The van der Waals surface area contributed by atoms with E-state index in [1.54, 1.807) is 50.1 Å². The second kappa shape index (κ2) is 12.5. The Balaban J connectivity index is 1.79. The fraction of sp³-hybridized carbons (Fsp3) is 0.286. The Hall–Kier alpha value is -3.54. The van der Waals surface area contributed by atoms with Crippen LogP contribution in [0, 0.1) is 12.7 Å². The molecule has 4 aromatic rings. The fourth-order valence-electron chi connectivity index (χ4n) is 3.95. The topological polar surface area (TPSA) is 95.3 Å². The standard InChI is InChI=1S/C28H29FN4O4S2/c1-16(2)38-27-23(18-9-11-19(12-10-18)25(34)30-13-14-36-4)31-28(39-27)33-24(26(35)37-5)22(17(3)32-33)20-7-6-8-21(29)15-20/h6-12,15-16H,13-14H2,1-5H3,(H,30,34). The summed E-state index contributed by atoms with van der Waals surface area (Å²) in [4.78, 5) is 30.3. The number of aryl methyl sites for hydroxylation is 1. The van der Waals surface area contributed by atoms with E-state index in [9.17, 15) is 14.0 Å². The van der Waals surface area contributed by atoms with Gasteiger partial charge >= 0.3 is 5.97 Å². The SMILES string of the molecule is COCCNC(=O)c1ccc(-c2nc(-n3nc(C)c(-c4cccc(F)c4)c3C(=O)OC)sc2SC(C)C)cc1. The number of amides is 1. The van der Waals surface area contributed by atoms with Gasteiger partial charge in [-0.25, -0.2) is 14.2 Å². The molecule has 2 aromatic carbocycles. The molecule has 1 amide bonds. The number of thioether (sulfide) groups is 1. The third kappa shape index (κ3) is 6.38. The van der Waals surface area contributed by atoms with Crippen LogP contribution in [0.2, 0.25) is 0 Å². The van der Waals surface area contributed by atoms with E-state index in [1.807, 2.05) is 12.1 Å². The summed E-state index contributed by atoms with van der Waals surface area (Å²) in [5.74, 6) is -1.21. The molecular weight excluding hydrogens is 539 g/mol. The van der Waals surface area contributed by atoms with Gasteiger partial charge in [0, 0.05) is 35.6 Å². The number of benzene rings is 2. The summed E-state index contributed by atoms with van der Waals surface area (Å²) in [6.07, 6.45) is 0. The first-order chi connectivity index (χ1) is 18.7. The first-order valence-electron chi connectivity index (χ1n) is 12.2. The van der Waals surface area contributed by atoms with Gasteiger partial charge in [0.2, 0.25) is 5.13 Å². The molecule has 11 heteroatoms. The number of rotatable bonds is 10. The summed E-state index contributed by atoms with van der Waals surface area (Å²) in [7, 11) is 2.88. The van der Waals surface area contributed by atoms with Gasteiger partial charge in [0.1, 0.15) is 5.82 Å². The van der Waals surface area contributed by atoms with Gasteiger partial charge in [-0.2, -0.15) is 9.78 Å². The number of aromatic nitrogens is 3. The summed E-state index contributed by atoms with van der Waals surface area (Å²) in [5, 5.41) is 8.18. The lowest BCUT2D eigenvalue weighted by Crippen LogP contribution is -2.26. The maximum Gasteiger partial charge on any atom is 0.357 e. The Labute approximate surface area is 234 Å². The number of thiazole rings is 1. The zero-order valence-electron chi connectivity index (χ0n) is 22.3. The smallest absolute Gasteiger partial charge is 0.357 e. The molecule has 0 aliphatic heterocycles. The summed E-state index contributed by atoms with van der Waals surface area (Å²) in [5.41, 5.74) is 3.79. The first kappa shape index (κ1) is 28.5. The monoisotopic (exact) mass is 568 g/mol. The molecule has 2 aromatic heterocycles. The Bertz CT molecular complexity index is 1480. The van der Waals surface area contributed by atoms with Gasteiger partial charge in [0.15, 0.2) is 5.69 Å². The van der Waals surface area contributed by atoms with E-state index in [0.29, 0.717) is 40.7 Å². The lowest BCUT2D eigenvalue weighted by molar-refractivity contribution is 0.0591. The molecule has 2 heterocycles. The van der Waals surface area contributed by atoms with Crippen molar-refractivity contribution in [3.8, 4) is 27.5 Å². The van der Waals surface area contributed by atoms with Crippen LogP contribution in [0.3, 0.4) is 0 Å². The number of carbonyl (C=O) groups is 2. The molecule has 0 atom stereocenters. The largest absolute Gasteiger partial charge is 0.464 e. The second-order valence-electron chi connectivity index (χ2n) is 8.85. The highest BCUT2D eigenvalue weighted by Crippen LogP contribution is 2.41. The van der Waals surface area contributed by atoms with Crippen LogP contribution in [0.5, 0.6) is 0 Å². The van der Waals surface area contributed by atoms with Crippen molar-refractivity contribution in [2.75, 3.05) is 27.4 Å². The minimum atomic E-state index is -0.603. The quantitative estimate of drug-likeness (QED) is 0.147. The molecule has 0 fully saturated rings. The minimum absolute atomic E-state index is 0.171. The number of esters is 1. The third-order valence-corrected chi connectivity index (χ3v) is 7.92. The van der Waals surface area contributed by atoms with Crippen LogP contribution in [0.4, 0.5) is 4.39 Å². The van der Waals surface area contributed by atoms with Crippen LogP contribution in [-0.4, -0.2) is 59.3 Å². The lowest BCUT2D eigenvalue weighted by Gasteiger charge is -2.07. The molecule has 0 spiro atoms. The number of methoxy groups -OCH3 is 2. The van der Waals surface area contributed by atoms with Gasteiger partial charge < -0.3 is 14.8 Å². The van der Waals surface area contributed by atoms with Crippen LogP contribution in [-0.2, 0) is 9.47 Å². The normalized spacial score (nSPS) is 11.2. The molecule has 4 rings (SSSR count). The van der Waals surface area contributed by atoms with E-state index in [4.69, 9.17) is 14.5 Å². The number of nitrogens with one attached hydrogen (secondary N) is 1. The Morgan fingerprint density at radius 1 is 1.13 bits per heavy atom. The highest BCUT2D eigenvalue weighted by atomic mass is 32.2. The van der Waals surface area contributed by atoms with Gasteiger partial charge in [0.25, 0.3) is 5.91 Å². The van der Waals surface area contributed by atoms with E-state index in [-0.39, 0.29) is 16.9 Å². The highest BCUT2D eigenvalue weighted by molar-refractivity contribution is 8.01. The van der Waals surface area contributed by atoms with Crippen molar-refractivity contribution in [3.05, 3.63) is 71.3 Å².